The van der Waals surface area contributed by atoms with Gasteiger partial charge in [0.15, 0.2) is 0 Å². The fraction of sp³-hybridized carbons (Fsp3) is 0.429. The number of alkyl halides is 6. The Morgan fingerprint density at radius 3 is 2.59 bits per heavy atom. The predicted octanol–water partition coefficient (Wildman–Crippen LogP) is 5.37. The molecule has 1 aliphatic rings. The van der Waals surface area contributed by atoms with Gasteiger partial charge in [-0.15, -0.1) is 0 Å². The molecule has 1 aromatic heterocycles. The van der Waals surface area contributed by atoms with Crippen LogP contribution in [0, 0.1) is 5.92 Å². The molecule has 1 atom stereocenters. The third-order valence-corrected chi connectivity index (χ3v) is 5.05. The van der Waals surface area contributed by atoms with Gasteiger partial charge in [0.2, 0.25) is 5.91 Å². The van der Waals surface area contributed by atoms with Gasteiger partial charge in [-0.2, -0.15) is 26.3 Å². The number of hydrogen-bond donors (Lipinski definition) is 1. The highest BCUT2D eigenvalue weighted by molar-refractivity contribution is 5.94. The molecule has 32 heavy (non-hydrogen) atoms. The van der Waals surface area contributed by atoms with Crippen molar-refractivity contribution in [3.63, 3.8) is 0 Å². The van der Waals surface area contributed by atoms with Crippen LogP contribution in [0.2, 0.25) is 0 Å². The summed E-state index contributed by atoms with van der Waals surface area (Å²) in [4.78, 5) is 18.1. The average molecular weight is 461 g/mol. The van der Waals surface area contributed by atoms with Crippen molar-refractivity contribution in [3.05, 3.63) is 47.7 Å². The van der Waals surface area contributed by atoms with Crippen molar-refractivity contribution in [1.82, 2.24) is 4.98 Å². The Bertz CT molecular complexity index is 961. The molecular weight excluding hydrogens is 440 g/mol. The maximum Gasteiger partial charge on any atom is 0.419 e. The van der Waals surface area contributed by atoms with E-state index in [4.69, 9.17) is 4.74 Å². The Morgan fingerprint density at radius 2 is 1.94 bits per heavy atom. The van der Waals surface area contributed by atoms with Crippen molar-refractivity contribution < 1.29 is 35.9 Å². The molecule has 0 radical (unpaired) electrons. The molecule has 1 aromatic carbocycles. The van der Waals surface area contributed by atoms with Crippen LogP contribution >= 0.6 is 0 Å². The number of pyridine rings is 1. The minimum atomic E-state index is -4.61. The van der Waals surface area contributed by atoms with Crippen molar-refractivity contribution in [3.8, 4) is 5.75 Å². The van der Waals surface area contributed by atoms with Gasteiger partial charge in [0, 0.05) is 19.3 Å². The van der Waals surface area contributed by atoms with Gasteiger partial charge >= 0.3 is 12.4 Å². The van der Waals surface area contributed by atoms with E-state index >= 15 is 0 Å². The van der Waals surface area contributed by atoms with E-state index in [0.717, 1.165) is 24.3 Å². The molecule has 0 spiro atoms. The number of anilines is 2. The molecule has 1 amide bonds. The molecule has 3 rings (SSSR count). The second kappa shape index (κ2) is 9.25. The maximum absolute atomic E-state index is 13.3. The van der Waals surface area contributed by atoms with Crippen molar-refractivity contribution >= 4 is 17.4 Å². The Kier molecular flexibility index (Phi) is 6.85. The summed E-state index contributed by atoms with van der Waals surface area (Å²) < 4.78 is 84.6. The summed E-state index contributed by atoms with van der Waals surface area (Å²) in [6.07, 6.45) is -7.18. The van der Waals surface area contributed by atoms with Crippen LogP contribution in [0.5, 0.6) is 5.75 Å². The molecule has 1 N–H and O–H groups in total. The number of nitrogens with one attached hydrogen (secondary N) is 1. The molecule has 11 heteroatoms. The van der Waals surface area contributed by atoms with Gasteiger partial charge in [-0.05, 0) is 50.1 Å². The van der Waals surface area contributed by atoms with E-state index in [1.807, 2.05) is 0 Å². The van der Waals surface area contributed by atoms with E-state index in [1.54, 1.807) is 6.92 Å². The molecule has 1 saturated heterocycles. The molecule has 1 unspecified atom stereocenters. The summed E-state index contributed by atoms with van der Waals surface area (Å²) in [6, 6.07) is 4.86. The topological polar surface area (TPSA) is 54.5 Å². The van der Waals surface area contributed by atoms with Gasteiger partial charge in [-0.3, -0.25) is 4.79 Å². The minimum Gasteiger partial charge on any atom is -0.492 e. The number of carbonyl (C=O) groups is 1. The summed E-state index contributed by atoms with van der Waals surface area (Å²) in [5.74, 6) is -1.53. The van der Waals surface area contributed by atoms with Crippen molar-refractivity contribution in [2.24, 2.45) is 5.92 Å². The van der Waals surface area contributed by atoms with Crippen LogP contribution in [0.1, 0.15) is 30.9 Å². The first-order valence-corrected chi connectivity index (χ1v) is 9.92. The van der Waals surface area contributed by atoms with Gasteiger partial charge in [0.05, 0.1) is 29.3 Å². The molecule has 2 aromatic rings. The van der Waals surface area contributed by atoms with Crippen LogP contribution in [0.15, 0.2) is 36.5 Å². The monoisotopic (exact) mass is 461 g/mol. The number of aromatic nitrogens is 1. The first-order chi connectivity index (χ1) is 15.0. The predicted molar refractivity (Wildman–Crippen MR) is 105 cm³/mol. The zero-order valence-electron chi connectivity index (χ0n) is 17.1. The van der Waals surface area contributed by atoms with E-state index in [-0.39, 0.29) is 37.0 Å². The van der Waals surface area contributed by atoms with Crippen LogP contribution in [-0.4, -0.2) is 30.6 Å². The molecule has 0 aliphatic carbocycles. The van der Waals surface area contributed by atoms with Crippen molar-refractivity contribution in [1.29, 1.82) is 0 Å². The third kappa shape index (κ3) is 5.43. The molecule has 174 valence electrons. The van der Waals surface area contributed by atoms with Crippen molar-refractivity contribution in [2.45, 2.75) is 32.1 Å². The first-order valence-electron chi connectivity index (χ1n) is 9.92. The van der Waals surface area contributed by atoms with Gasteiger partial charge in [0.1, 0.15) is 11.6 Å². The standard InChI is InChI=1S/C21H21F6N3O2/c1-2-32-17-8-7-14(20(22,23)24)11-16(17)29-19(31)13-5-4-10-30(12-13)18-15(21(25,26)27)6-3-9-28-18/h3,6-9,11,13H,2,4-5,10,12H2,1H3,(H,29,31). The molecule has 1 aliphatic heterocycles. The number of amides is 1. The second-order valence-corrected chi connectivity index (χ2v) is 7.29. The minimum absolute atomic E-state index is 0.0468. The van der Waals surface area contributed by atoms with Crippen LogP contribution in [0.25, 0.3) is 0 Å². The van der Waals surface area contributed by atoms with Gasteiger partial charge in [0.25, 0.3) is 0 Å². The highest BCUT2D eigenvalue weighted by atomic mass is 19.4. The average Bonchev–Trinajstić information content (AvgIpc) is 2.74. The van der Waals surface area contributed by atoms with E-state index in [2.05, 4.69) is 10.3 Å². The molecule has 5 nitrogen and oxygen atoms in total. The smallest absolute Gasteiger partial charge is 0.419 e. The van der Waals surface area contributed by atoms with Gasteiger partial charge in [-0.25, -0.2) is 4.98 Å². The second-order valence-electron chi connectivity index (χ2n) is 7.29. The Morgan fingerprint density at radius 1 is 1.19 bits per heavy atom. The summed E-state index contributed by atoms with van der Waals surface area (Å²) in [5.41, 5.74) is -2.00. The maximum atomic E-state index is 13.3. The molecule has 2 heterocycles. The Labute approximate surface area is 180 Å². The lowest BCUT2D eigenvalue weighted by molar-refractivity contribution is -0.138. The Balaban J connectivity index is 1.81. The van der Waals surface area contributed by atoms with E-state index in [9.17, 15) is 31.1 Å². The largest absolute Gasteiger partial charge is 0.492 e. The lowest BCUT2D eigenvalue weighted by Gasteiger charge is -2.34. The molecule has 0 saturated carbocycles. The number of carbonyl (C=O) groups excluding carboxylic acids is 1. The van der Waals surface area contributed by atoms with Gasteiger partial charge < -0.3 is 15.0 Å². The Hall–Kier alpha value is -2.98. The summed E-state index contributed by atoms with van der Waals surface area (Å²) in [7, 11) is 0. The number of rotatable bonds is 5. The molecular formula is C21H21F6N3O2. The zero-order valence-corrected chi connectivity index (χ0v) is 17.1. The van der Waals surface area contributed by atoms with Crippen molar-refractivity contribution in [2.75, 3.05) is 29.9 Å². The summed E-state index contributed by atoms with van der Waals surface area (Å²) in [6.45, 7) is 2.05. The van der Waals surface area contributed by atoms with Crippen LogP contribution in [-0.2, 0) is 17.1 Å². The SMILES string of the molecule is CCOc1ccc(C(F)(F)F)cc1NC(=O)C1CCCN(c2ncccc2C(F)(F)F)C1. The third-order valence-electron chi connectivity index (χ3n) is 5.05. The zero-order chi connectivity index (χ0) is 23.5. The van der Waals surface area contributed by atoms with E-state index in [0.29, 0.717) is 12.8 Å². The fourth-order valence-corrected chi connectivity index (χ4v) is 3.57. The van der Waals surface area contributed by atoms with Crippen LogP contribution in [0.3, 0.4) is 0 Å². The molecule has 1 fully saturated rings. The number of piperidine rings is 1. The number of nitrogens with zero attached hydrogens (tertiary/aromatic N) is 2. The first kappa shape index (κ1) is 23.7. The summed E-state index contributed by atoms with van der Waals surface area (Å²) >= 11 is 0. The quantitative estimate of drug-likeness (QED) is 0.608. The lowest BCUT2D eigenvalue weighted by atomic mass is 9.96. The normalized spacial score (nSPS) is 17.2. The number of halogens is 6. The number of hydrogen-bond acceptors (Lipinski definition) is 4. The lowest BCUT2D eigenvalue weighted by Crippen LogP contribution is -2.42. The molecule has 0 bridgehead atoms. The van der Waals surface area contributed by atoms with Gasteiger partial charge in [-0.1, -0.05) is 0 Å². The van der Waals surface area contributed by atoms with E-state index in [1.165, 1.54) is 17.2 Å². The fourth-order valence-electron chi connectivity index (χ4n) is 3.57. The number of ether oxygens (including phenoxy) is 1. The summed E-state index contributed by atoms with van der Waals surface area (Å²) in [5, 5.41) is 2.46. The number of benzene rings is 1. The highest BCUT2D eigenvalue weighted by Gasteiger charge is 2.37. The highest BCUT2D eigenvalue weighted by Crippen LogP contribution is 2.38. The van der Waals surface area contributed by atoms with E-state index < -0.39 is 35.3 Å². The van der Waals surface area contributed by atoms with Crippen LogP contribution in [0.4, 0.5) is 37.8 Å². The van der Waals surface area contributed by atoms with Crippen LogP contribution < -0.4 is 15.0 Å².